The van der Waals surface area contributed by atoms with Crippen molar-refractivity contribution >= 4 is 11.8 Å². The minimum atomic E-state index is -0.964. The molecular formula is C15H16N2O2. The average Bonchev–Trinajstić information content (AvgIpc) is 2.39. The third-order valence-electron chi connectivity index (χ3n) is 3.03. The molecule has 4 nitrogen and oxygen atoms in total. The Hall–Kier alpha value is -2.36. The molecule has 0 amide bonds. The number of carboxylic acid groups (broad SMARTS) is 1. The van der Waals surface area contributed by atoms with E-state index in [1.54, 1.807) is 19.2 Å². The average molecular weight is 256 g/mol. The third kappa shape index (κ3) is 2.91. The summed E-state index contributed by atoms with van der Waals surface area (Å²) in [6, 6.07) is 11.5. The molecule has 0 fully saturated rings. The fourth-order valence-corrected chi connectivity index (χ4v) is 1.97. The first-order valence-electron chi connectivity index (χ1n) is 6.10. The molecule has 2 N–H and O–H groups in total. The van der Waals surface area contributed by atoms with Crippen LogP contribution in [0.4, 0.5) is 5.82 Å². The van der Waals surface area contributed by atoms with E-state index in [0.29, 0.717) is 11.4 Å². The summed E-state index contributed by atoms with van der Waals surface area (Å²) in [6.45, 7) is 3.74. The number of rotatable bonds is 4. The Bertz CT molecular complexity index is 582. The molecule has 1 atom stereocenters. The van der Waals surface area contributed by atoms with Gasteiger partial charge in [-0.3, -0.25) is 0 Å². The Morgan fingerprint density at radius 3 is 2.58 bits per heavy atom. The quantitative estimate of drug-likeness (QED) is 0.881. The van der Waals surface area contributed by atoms with Crippen molar-refractivity contribution in [2.45, 2.75) is 19.9 Å². The number of nitrogens with zero attached hydrogens (tertiary/aromatic N) is 1. The number of anilines is 1. The van der Waals surface area contributed by atoms with Gasteiger partial charge in [-0.05, 0) is 31.0 Å². The van der Waals surface area contributed by atoms with Crippen molar-refractivity contribution in [2.24, 2.45) is 0 Å². The fraction of sp³-hybridized carbons (Fsp3) is 0.200. The van der Waals surface area contributed by atoms with Crippen LogP contribution in [0.3, 0.4) is 0 Å². The van der Waals surface area contributed by atoms with Crippen molar-refractivity contribution in [3.05, 3.63) is 59.3 Å². The molecule has 19 heavy (non-hydrogen) atoms. The number of hydrogen-bond donors (Lipinski definition) is 2. The van der Waals surface area contributed by atoms with Crippen LogP contribution < -0.4 is 5.32 Å². The van der Waals surface area contributed by atoms with Gasteiger partial charge in [0, 0.05) is 12.2 Å². The summed E-state index contributed by atoms with van der Waals surface area (Å²) in [6.07, 6.45) is 1.61. The molecule has 0 spiro atoms. The minimum Gasteiger partial charge on any atom is -0.478 e. The zero-order valence-electron chi connectivity index (χ0n) is 10.9. The summed E-state index contributed by atoms with van der Waals surface area (Å²) in [5.41, 5.74) is 2.01. The van der Waals surface area contributed by atoms with Gasteiger partial charge in [0.05, 0.1) is 0 Å². The van der Waals surface area contributed by atoms with Crippen LogP contribution in [0.2, 0.25) is 0 Å². The second-order valence-electron chi connectivity index (χ2n) is 4.43. The number of carbonyl (C=O) groups is 1. The van der Waals surface area contributed by atoms with Gasteiger partial charge in [0.1, 0.15) is 11.4 Å². The Morgan fingerprint density at radius 2 is 1.95 bits per heavy atom. The van der Waals surface area contributed by atoms with Gasteiger partial charge in [0.25, 0.3) is 0 Å². The van der Waals surface area contributed by atoms with Gasteiger partial charge >= 0.3 is 5.97 Å². The third-order valence-corrected chi connectivity index (χ3v) is 3.03. The van der Waals surface area contributed by atoms with E-state index in [0.717, 1.165) is 5.56 Å². The van der Waals surface area contributed by atoms with Crippen LogP contribution in [0.5, 0.6) is 0 Å². The molecule has 4 heteroatoms. The highest BCUT2D eigenvalue weighted by Crippen LogP contribution is 2.22. The van der Waals surface area contributed by atoms with Crippen LogP contribution in [-0.2, 0) is 0 Å². The molecule has 0 aliphatic rings. The predicted octanol–water partition coefficient (Wildman–Crippen LogP) is 3.26. The molecular weight excluding hydrogens is 240 g/mol. The molecule has 1 aromatic heterocycles. The minimum absolute atomic E-state index is 0.00593. The molecule has 98 valence electrons. The Morgan fingerprint density at radius 1 is 1.26 bits per heavy atom. The standard InChI is InChI=1S/C15H16N2O2/c1-10-8-9-16-14(13(10)15(18)19)17-11(2)12-6-4-3-5-7-12/h3-9,11H,1-2H3,(H,16,17)(H,18,19). The van der Waals surface area contributed by atoms with E-state index in [-0.39, 0.29) is 11.6 Å². The zero-order valence-corrected chi connectivity index (χ0v) is 10.9. The molecule has 0 aliphatic heterocycles. The number of nitrogens with one attached hydrogen (secondary N) is 1. The van der Waals surface area contributed by atoms with Gasteiger partial charge in [-0.25, -0.2) is 9.78 Å². The maximum atomic E-state index is 11.3. The molecule has 0 saturated heterocycles. The summed E-state index contributed by atoms with van der Waals surface area (Å²) in [4.78, 5) is 15.4. The molecule has 2 aromatic rings. The summed E-state index contributed by atoms with van der Waals surface area (Å²) < 4.78 is 0. The van der Waals surface area contributed by atoms with Crippen molar-refractivity contribution in [3.63, 3.8) is 0 Å². The smallest absolute Gasteiger partial charge is 0.339 e. The normalized spacial score (nSPS) is 11.9. The topological polar surface area (TPSA) is 62.2 Å². The van der Waals surface area contributed by atoms with Gasteiger partial charge in [0.15, 0.2) is 0 Å². The number of aromatic nitrogens is 1. The maximum Gasteiger partial charge on any atom is 0.339 e. The number of aryl methyl sites for hydroxylation is 1. The van der Waals surface area contributed by atoms with E-state index in [2.05, 4.69) is 10.3 Å². The summed E-state index contributed by atoms with van der Waals surface area (Å²) in [7, 11) is 0. The molecule has 1 unspecified atom stereocenters. The van der Waals surface area contributed by atoms with Crippen LogP contribution >= 0.6 is 0 Å². The Labute approximate surface area is 112 Å². The number of carboxylic acids is 1. The largest absolute Gasteiger partial charge is 0.478 e. The van der Waals surface area contributed by atoms with Crippen molar-refractivity contribution in [1.82, 2.24) is 4.98 Å². The van der Waals surface area contributed by atoms with Crippen molar-refractivity contribution < 1.29 is 9.90 Å². The highest BCUT2D eigenvalue weighted by Gasteiger charge is 2.16. The van der Waals surface area contributed by atoms with Crippen molar-refractivity contribution in [2.75, 3.05) is 5.32 Å². The van der Waals surface area contributed by atoms with Gasteiger partial charge in [-0.15, -0.1) is 0 Å². The van der Waals surface area contributed by atoms with Gasteiger partial charge in [0.2, 0.25) is 0 Å². The summed E-state index contributed by atoms with van der Waals surface area (Å²) in [5.74, 6) is -0.558. The molecule has 1 aromatic carbocycles. The van der Waals surface area contributed by atoms with E-state index in [4.69, 9.17) is 0 Å². The van der Waals surface area contributed by atoms with E-state index in [9.17, 15) is 9.90 Å². The van der Waals surface area contributed by atoms with E-state index in [1.807, 2.05) is 37.3 Å². The SMILES string of the molecule is Cc1ccnc(NC(C)c2ccccc2)c1C(=O)O. The lowest BCUT2D eigenvalue weighted by atomic mass is 10.1. The molecule has 0 radical (unpaired) electrons. The van der Waals surface area contributed by atoms with Crippen LogP contribution in [0.25, 0.3) is 0 Å². The van der Waals surface area contributed by atoms with Crippen molar-refractivity contribution in [1.29, 1.82) is 0 Å². The Kier molecular flexibility index (Phi) is 3.80. The first kappa shape index (κ1) is 13.1. The number of benzene rings is 1. The van der Waals surface area contributed by atoms with Crippen LogP contribution in [-0.4, -0.2) is 16.1 Å². The zero-order chi connectivity index (χ0) is 13.8. The number of pyridine rings is 1. The van der Waals surface area contributed by atoms with Crippen LogP contribution in [0.15, 0.2) is 42.6 Å². The Balaban J connectivity index is 2.29. The second kappa shape index (κ2) is 5.52. The highest BCUT2D eigenvalue weighted by atomic mass is 16.4. The molecule has 2 rings (SSSR count). The molecule has 1 heterocycles. The first-order valence-corrected chi connectivity index (χ1v) is 6.10. The highest BCUT2D eigenvalue weighted by molar-refractivity contribution is 5.94. The maximum absolute atomic E-state index is 11.3. The lowest BCUT2D eigenvalue weighted by Gasteiger charge is -2.17. The summed E-state index contributed by atoms with van der Waals surface area (Å²) in [5, 5.41) is 12.4. The van der Waals surface area contributed by atoms with E-state index < -0.39 is 5.97 Å². The fourth-order valence-electron chi connectivity index (χ4n) is 1.97. The van der Waals surface area contributed by atoms with Gasteiger partial charge < -0.3 is 10.4 Å². The van der Waals surface area contributed by atoms with Crippen LogP contribution in [0, 0.1) is 6.92 Å². The van der Waals surface area contributed by atoms with E-state index in [1.165, 1.54) is 0 Å². The molecule has 0 aliphatic carbocycles. The monoisotopic (exact) mass is 256 g/mol. The second-order valence-corrected chi connectivity index (χ2v) is 4.43. The lowest BCUT2D eigenvalue weighted by molar-refractivity contribution is 0.0697. The van der Waals surface area contributed by atoms with Gasteiger partial charge in [-0.1, -0.05) is 30.3 Å². The van der Waals surface area contributed by atoms with Crippen LogP contribution in [0.1, 0.15) is 34.5 Å². The predicted molar refractivity (Wildman–Crippen MR) is 74.4 cm³/mol. The number of hydrogen-bond acceptors (Lipinski definition) is 3. The molecule has 0 bridgehead atoms. The van der Waals surface area contributed by atoms with Gasteiger partial charge in [-0.2, -0.15) is 0 Å². The van der Waals surface area contributed by atoms with Crippen molar-refractivity contribution in [3.8, 4) is 0 Å². The lowest BCUT2D eigenvalue weighted by Crippen LogP contribution is -2.13. The number of aromatic carboxylic acids is 1. The first-order chi connectivity index (χ1) is 9.09. The van der Waals surface area contributed by atoms with E-state index >= 15 is 0 Å². The summed E-state index contributed by atoms with van der Waals surface area (Å²) >= 11 is 0. The molecule has 0 saturated carbocycles.